The molecule has 0 aliphatic rings. The summed E-state index contributed by atoms with van der Waals surface area (Å²) in [7, 11) is 0. The number of benzene rings is 2. The fourth-order valence-corrected chi connectivity index (χ4v) is 2.91. The monoisotopic (exact) mass is 393 g/mol. The molecule has 1 N–H and O–H groups in total. The van der Waals surface area contributed by atoms with E-state index in [1.807, 2.05) is 31.2 Å². The van der Waals surface area contributed by atoms with Gasteiger partial charge in [-0.1, -0.05) is 59.1 Å². The van der Waals surface area contributed by atoms with Gasteiger partial charge in [0.25, 0.3) is 5.91 Å². The number of rotatable bonds is 4. The summed E-state index contributed by atoms with van der Waals surface area (Å²) in [6, 6.07) is 12.7. The molecule has 0 saturated heterocycles. The van der Waals surface area contributed by atoms with Crippen molar-refractivity contribution in [1.82, 2.24) is 9.78 Å². The van der Waals surface area contributed by atoms with E-state index in [9.17, 15) is 4.79 Å². The number of hydrogen-bond acceptors (Lipinski definition) is 2. The molecule has 2 aromatic carbocycles. The minimum absolute atomic E-state index is 0.250. The molecule has 1 amide bonds. The zero-order valence-electron chi connectivity index (χ0n) is 13.3. The Kier molecular flexibility index (Phi) is 5.33. The van der Waals surface area contributed by atoms with Crippen LogP contribution in [0.1, 0.15) is 21.5 Å². The van der Waals surface area contributed by atoms with Gasteiger partial charge in [-0.2, -0.15) is 5.10 Å². The summed E-state index contributed by atoms with van der Waals surface area (Å²) >= 11 is 18.1. The number of nitrogens with one attached hydrogen (secondary N) is 1. The lowest BCUT2D eigenvalue weighted by molar-refractivity contribution is 0.102. The molecule has 0 unspecified atom stereocenters. The Balaban J connectivity index is 1.77. The molecule has 0 atom stereocenters. The fraction of sp³-hybridized carbons (Fsp3) is 0.111. The number of aromatic nitrogens is 2. The minimum Gasteiger partial charge on any atom is -0.304 e. The smallest absolute Gasteiger partial charge is 0.257 e. The third kappa shape index (κ3) is 4.15. The summed E-state index contributed by atoms with van der Waals surface area (Å²) in [6.45, 7) is 2.33. The predicted molar refractivity (Wildman–Crippen MR) is 102 cm³/mol. The van der Waals surface area contributed by atoms with Crippen LogP contribution in [0, 0.1) is 6.92 Å². The highest BCUT2D eigenvalue weighted by Crippen LogP contribution is 2.25. The number of amides is 1. The average molecular weight is 395 g/mol. The van der Waals surface area contributed by atoms with Gasteiger partial charge < -0.3 is 5.32 Å². The second kappa shape index (κ2) is 7.48. The van der Waals surface area contributed by atoms with Gasteiger partial charge in [-0.3, -0.25) is 9.48 Å². The minimum atomic E-state index is -0.250. The van der Waals surface area contributed by atoms with Crippen molar-refractivity contribution >= 4 is 46.5 Å². The fourth-order valence-electron chi connectivity index (χ4n) is 2.39. The normalized spacial score (nSPS) is 10.7. The van der Waals surface area contributed by atoms with Crippen molar-refractivity contribution in [3.8, 4) is 0 Å². The van der Waals surface area contributed by atoms with E-state index in [4.69, 9.17) is 34.8 Å². The van der Waals surface area contributed by atoms with Gasteiger partial charge in [-0.05, 0) is 36.2 Å². The number of hydrogen-bond donors (Lipinski definition) is 1. The van der Waals surface area contributed by atoms with Crippen LogP contribution in [0.4, 0.5) is 5.82 Å². The number of aryl methyl sites for hydroxylation is 1. The van der Waals surface area contributed by atoms with Gasteiger partial charge in [-0.25, -0.2) is 0 Å². The molecule has 0 bridgehead atoms. The first-order chi connectivity index (χ1) is 11.9. The molecule has 25 heavy (non-hydrogen) atoms. The van der Waals surface area contributed by atoms with E-state index in [2.05, 4.69) is 10.4 Å². The Morgan fingerprint density at radius 1 is 1.08 bits per heavy atom. The van der Waals surface area contributed by atoms with Crippen LogP contribution in [0.5, 0.6) is 0 Å². The standard InChI is InChI=1S/C18H14Cl3N3O/c1-11-4-2-3-5-13(11)18(25)22-17-16(21)10-24(23-17)9-12-6-7-14(19)15(20)8-12/h2-8,10H,9H2,1H3,(H,22,23,25). The largest absolute Gasteiger partial charge is 0.304 e. The summed E-state index contributed by atoms with van der Waals surface area (Å²) in [5.41, 5.74) is 2.38. The lowest BCUT2D eigenvalue weighted by Crippen LogP contribution is -2.14. The van der Waals surface area contributed by atoms with Crippen molar-refractivity contribution in [2.24, 2.45) is 0 Å². The Hall–Kier alpha value is -2.01. The maximum atomic E-state index is 12.4. The van der Waals surface area contributed by atoms with E-state index >= 15 is 0 Å². The van der Waals surface area contributed by atoms with Crippen LogP contribution in [0.25, 0.3) is 0 Å². The van der Waals surface area contributed by atoms with Crippen LogP contribution in [-0.2, 0) is 6.54 Å². The number of carbonyl (C=O) groups excluding carboxylic acids is 1. The Labute approximate surface area is 160 Å². The molecule has 0 fully saturated rings. The lowest BCUT2D eigenvalue weighted by atomic mass is 10.1. The topological polar surface area (TPSA) is 46.9 Å². The zero-order valence-corrected chi connectivity index (χ0v) is 15.5. The SMILES string of the molecule is Cc1ccccc1C(=O)Nc1nn(Cc2ccc(Cl)c(Cl)c2)cc1Cl. The summed E-state index contributed by atoms with van der Waals surface area (Å²) in [5, 5.41) is 8.41. The second-order valence-electron chi connectivity index (χ2n) is 5.54. The average Bonchev–Trinajstić information content (AvgIpc) is 2.90. The molecule has 0 aliphatic heterocycles. The van der Waals surface area contributed by atoms with Crippen LogP contribution < -0.4 is 5.32 Å². The van der Waals surface area contributed by atoms with Gasteiger partial charge in [0, 0.05) is 11.8 Å². The third-order valence-electron chi connectivity index (χ3n) is 3.67. The van der Waals surface area contributed by atoms with Crippen LogP contribution in [0.3, 0.4) is 0 Å². The van der Waals surface area contributed by atoms with E-state index in [-0.39, 0.29) is 5.91 Å². The Bertz CT molecular complexity index is 937. The summed E-state index contributed by atoms with van der Waals surface area (Å²) in [4.78, 5) is 12.4. The van der Waals surface area contributed by atoms with Crippen molar-refractivity contribution in [1.29, 1.82) is 0 Å². The van der Waals surface area contributed by atoms with E-state index in [0.717, 1.165) is 11.1 Å². The second-order valence-corrected chi connectivity index (χ2v) is 6.76. The molecule has 7 heteroatoms. The lowest BCUT2D eigenvalue weighted by Gasteiger charge is -2.06. The number of nitrogens with zero attached hydrogens (tertiary/aromatic N) is 2. The van der Waals surface area contributed by atoms with Gasteiger partial charge in [0.1, 0.15) is 5.02 Å². The van der Waals surface area contributed by atoms with Gasteiger partial charge in [0.05, 0.1) is 16.6 Å². The van der Waals surface area contributed by atoms with Crippen molar-refractivity contribution in [2.75, 3.05) is 5.32 Å². The maximum Gasteiger partial charge on any atom is 0.257 e. The van der Waals surface area contributed by atoms with Gasteiger partial charge >= 0.3 is 0 Å². The van der Waals surface area contributed by atoms with Crippen molar-refractivity contribution < 1.29 is 4.79 Å². The molecular formula is C18H14Cl3N3O. The Morgan fingerprint density at radius 2 is 1.84 bits per heavy atom. The van der Waals surface area contributed by atoms with Crippen molar-refractivity contribution in [2.45, 2.75) is 13.5 Å². The van der Waals surface area contributed by atoms with Crippen molar-refractivity contribution in [3.05, 3.63) is 80.4 Å². The van der Waals surface area contributed by atoms with Crippen LogP contribution in [0.15, 0.2) is 48.7 Å². The quantitative estimate of drug-likeness (QED) is 0.639. The molecule has 4 nitrogen and oxygen atoms in total. The molecule has 0 spiro atoms. The van der Waals surface area contributed by atoms with E-state index in [1.54, 1.807) is 29.1 Å². The number of halogens is 3. The molecule has 1 aromatic heterocycles. The summed E-state index contributed by atoms with van der Waals surface area (Å²) < 4.78 is 1.63. The van der Waals surface area contributed by atoms with E-state index < -0.39 is 0 Å². The first-order valence-electron chi connectivity index (χ1n) is 7.48. The van der Waals surface area contributed by atoms with Crippen LogP contribution in [0.2, 0.25) is 15.1 Å². The van der Waals surface area contributed by atoms with Gasteiger partial charge in [0.2, 0.25) is 0 Å². The highest BCUT2D eigenvalue weighted by molar-refractivity contribution is 6.42. The van der Waals surface area contributed by atoms with Gasteiger partial charge in [0.15, 0.2) is 5.82 Å². The maximum absolute atomic E-state index is 12.4. The molecule has 128 valence electrons. The van der Waals surface area contributed by atoms with Gasteiger partial charge in [-0.15, -0.1) is 0 Å². The summed E-state index contributed by atoms with van der Waals surface area (Å²) in [6.07, 6.45) is 1.65. The van der Waals surface area contributed by atoms with Crippen LogP contribution in [-0.4, -0.2) is 15.7 Å². The molecule has 0 radical (unpaired) electrons. The predicted octanol–water partition coefficient (Wildman–Crippen LogP) is 5.45. The zero-order chi connectivity index (χ0) is 18.0. The first-order valence-corrected chi connectivity index (χ1v) is 8.61. The molecule has 0 aliphatic carbocycles. The Morgan fingerprint density at radius 3 is 2.56 bits per heavy atom. The highest BCUT2D eigenvalue weighted by Gasteiger charge is 2.14. The molecule has 1 heterocycles. The summed E-state index contributed by atoms with van der Waals surface area (Å²) in [5.74, 6) is 0.0646. The highest BCUT2D eigenvalue weighted by atomic mass is 35.5. The molecule has 3 rings (SSSR count). The van der Waals surface area contributed by atoms with E-state index in [1.165, 1.54) is 0 Å². The number of carbonyl (C=O) groups is 1. The molecule has 0 saturated carbocycles. The number of anilines is 1. The van der Waals surface area contributed by atoms with Crippen molar-refractivity contribution in [3.63, 3.8) is 0 Å². The molecular weight excluding hydrogens is 381 g/mol. The van der Waals surface area contributed by atoms with Crippen LogP contribution >= 0.6 is 34.8 Å². The third-order valence-corrected chi connectivity index (χ3v) is 4.68. The molecule has 3 aromatic rings. The van der Waals surface area contributed by atoms with E-state index in [0.29, 0.717) is 33.0 Å². The first kappa shape index (κ1) is 17.8.